The van der Waals surface area contributed by atoms with Gasteiger partial charge in [0, 0.05) is 32.2 Å². The molecular formula is C14H26N2O3. The zero-order chi connectivity index (χ0) is 14.6. The van der Waals surface area contributed by atoms with Crippen molar-refractivity contribution in [2.75, 3.05) is 19.7 Å². The van der Waals surface area contributed by atoms with Crippen LogP contribution in [0.4, 0.5) is 0 Å². The monoisotopic (exact) mass is 270 g/mol. The maximum absolute atomic E-state index is 12.2. The number of amides is 2. The Kier molecular flexibility index (Phi) is 5.35. The van der Waals surface area contributed by atoms with Crippen LogP contribution in [-0.2, 0) is 9.59 Å². The van der Waals surface area contributed by atoms with Gasteiger partial charge in [-0.15, -0.1) is 0 Å². The van der Waals surface area contributed by atoms with Gasteiger partial charge in [0.05, 0.1) is 5.92 Å². The molecular weight excluding hydrogens is 244 g/mol. The van der Waals surface area contributed by atoms with Crippen LogP contribution in [0.1, 0.15) is 40.5 Å². The third-order valence-corrected chi connectivity index (χ3v) is 3.75. The van der Waals surface area contributed by atoms with Gasteiger partial charge in [-0.25, -0.2) is 0 Å². The Balaban J connectivity index is 2.61. The molecule has 2 unspecified atom stereocenters. The first-order valence-corrected chi connectivity index (χ1v) is 6.98. The Hall–Kier alpha value is -1.10. The molecule has 110 valence electrons. The maximum Gasteiger partial charge on any atom is 0.225 e. The Morgan fingerprint density at radius 3 is 2.58 bits per heavy atom. The lowest BCUT2D eigenvalue weighted by Crippen LogP contribution is -2.47. The van der Waals surface area contributed by atoms with E-state index in [4.69, 9.17) is 5.11 Å². The zero-order valence-corrected chi connectivity index (χ0v) is 12.4. The van der Waals surface area contributed by atoms with Crippen LogP contribution in [0.15, 0.2) is 0 Å². The standard InChI is InChI=1S/C14H26N2O3/c1-5-16-9-10(8-12(16)18)13(19)15-11(6-7-17)14(2,3)4/h10-11,17H,5-9H2,1-4H3,(H,15,19). The van der Waals surface area contributed by atoms with Crippen molar-refractivity contribution >= 4 is 11.8 Å². The Morgan fingerprint density at radius 2 is 2.16 bits per heavy atom. The number of aliphatic hydroxyl groups excluding tert-OH is 1. The number of aliphatic hydroxyl groups is 1. The van der Waals surface area contributed by atoms with E-state index in [0.717, 1.165) is 0 Å². The molecule has 0 aliphatic carbocycles. The van der Waals surface area contributed by atoms with Gasteiger partial charge < -0.3 is 15.3 Å². The molecule has 1 fully saturated rings. The van der Waals surface area contributed by atoms with E-state index in [2.05, 4.69) is 5.32 Å². The fourth-order valence-corrected chi connectivity index (χ4v) is 2.39. The molecule has 0 saturated carbocycles. The van der Waals surface area contributed by atoms with E-state index in [1.54, 1.807) is 4.90 Å². The second-order valence-corrected chi connectivity index (χ2v) is 6.27. The maximum atomic E-state index is 12.2. The lowest BCUT2D eigenvalue weighted by molar-refractivity contribution is -0.129. The summed E-state index contributed by atoms with van der Waals surface area (Å²) < 4.78 is 0. The summed E-state index contributed by atoms with van der Waals surface area (Å²) in [4.78, 5) is 25.6. The highest BCUT2D eigenvalue weighted by molar-refractivity contribution is 5.89. The fourth-order valence-electron chi connectivity index (χ4n) is 2.39. The van der Waals surface area contributed by atoms with Gasteiger partial charge in [0.2, 0.25) is 11.8 Å². The molecule has 5 heteroatoms. The zero-order valence-electron chi connectivity index (χ0n) is 12.4. The van der Waals surface area contributed by atoms with Crippen LogP contribution in [-0.4, -0.2) is 47.6 Å². The van der Waals surface area contributed by atoms with Crippen molar-refractivity contribution in [3.63, 3.8) is 0 Å². The molecule has 2 amide bonds. The van der Waals surface area contributed by atoms with E-state index in [1.807, 2.05) is 27.7 Å². The van der Waals surface area contributed by atoms with Crippen molar-refractivity contribution in [2.24, 2.45) is 11.3 Å². The second kappa shape index (κ2) is 6.37. The molecule has 19 heavy (non-hydrogen) atoms. The minimum Gasteiger partial charge on any atom is -0.396 e. The number of carbonyl (C=O) groups is 2. The predicted octanol–water partition coefficient (Wildman–Crippen LogP) is 0.768. The number of carbonyl (C=O) groups excluding carboxylic acids is 2. The van der Waals surface area contributed by atoms with Crippen LogP contribution in [0.5, 0.6) is 0 Å². The first kappa shape index (κ1) is 16.0. The van der Waals surface area contributed by atoms with Gasteiger partial charge in [-0.3, -0.25) is 9.59 Å². The van der Waals surface area contributed by atoms with E-state index >= 15 is 0 Å². The van der Waals surface area contributed by atoms with Gasteiger partial charge in [-0.05, 0) is 18.8 Å². The third-order valence-electron chi connectivity index (χ3n) is 3.75. The van der Waals surface area contributed by atoms with Crippen LogP contribution in [0, 0.1) is 11.3 Å². The van der Waals surface area contributed by atoms with E-state index in [-0.39, 0.29) is 35.8 Å². The second-order valence-electron chi connectivity index (χ2n) is 6.27. The molecule has 2 N–H and O–H groups in total. The van der Waals surface area contributed by atoms with Gasteiger partial charge in [0.25, 0.3) is 0 Å². The molecule has 5 nitrogen and oxygen atoms in total. The SMILES string of the molecule is CCN1CC(C(=O)NC(CCO)C(C)(C)C)CC1=O. The molecule has 1 aliphatic heterocycles. The van der Waals surface area contributed by atoms with Gasteiger partial charge in [-0.2, -0.15) is 0 Å². The summed E-state index contributed by atoms with van der Waals surface area (Å²) in [5, 5.41) is 12.1. The quantitative estimate of drug-likeness (QED) is 0.775. The van der Waals surface area contributed by atoms with Gasteiger partial charge >= 0.3 is 0 Å². The predicted molar refractivity (Wildman–Crippen MR) is 73.4 cm³/mol. The average Bonchev–Trinajstić information content (AvgIpc) is 2.68. The van der Waals surface area contributed by atoms with Crippen LogP contribution in [0.3, 0.4) is 0 Å². The number of nitrogens with zero attached hydrogens (tertiary/aromatic N) is 1. The number of hydrogen-bond acceptors (Lipinski definition) is 3. The van der Waals surface area contributed by atoms with Gasteiger partial charge in [0.1, 0.15) is 0 Å². The van der Waals surface area contributed by atoms with Gasteiger partial charge in [0.15, 0.2) is 0 Å². The molecule has 0 radical (unpaired) electrons. The molecule has 0 aromatic carbocycles. The summed E-state index contributed by atoms with van der Waals surface area (Å²) in [6.45, 7) is 9.23. The normalized spacial score (nSPS) is 21.6. The van der Waals surface area contributed by atoms with Crippen molar-refractivity contribution in [2.45, 2.75) is 46.6 Å². The summed E-state index contributed by atoms with van der Waals surface area (Å²) in [6.07, 6.45) is 0.836. The minimum atomic E-state index is -0.254. The minimum absolute atomic E-state index is 0.0485. The molecule has 0 aromatic heterocycles. The molecule has 0 bridgehead atoms. The number of likely N-dealkylation sites (tertiary alicyclic amines) is 1. The molecule has 2 atom stereocenters. The molecule has 1 aliphatic rings. The van der Waals surface area contributed by atoms with Crippen molar-refractivity contribution in [3.8, 4) is 0 Å². The number of rotatable bonds is 5. The summed E-state index contributed by atoms with van der Waals surface area (Å²) in [5.41, 5.74) is -0.106. The highest BCUT2D eigenvalue weighted by atomic mass is 16.3. The number of hydrogen-bond donors (Lipinski definition) is 2. The van der Waals surface area contributed by atoms with Crippen LogP contribution in [0.2, 0.25) is 0 Å². The summed E-state index contributed by atoms with van der Waals surface area (Å²) in [6, 6.07) is -0.0734. The van der Waals surface area contributed by atoms with Gasteiger partial charge in [-0.1, -0.05) is 20.8 Å². The van der Waals surface area contributed by atoms with Crippen LogP contribution < -0.4 is 5.32 Å². The smallest absolute Gasteiger partial charge is 0.225 e. The highest BCUT2D eigenvalue weighted by Gasteiger charge is 2.35. The molecule has 1 heterocycles. The summed E-state index contributed by atoms with van der Waals surface area (Å²) in [5.74, 6) is -0.272. The largest absolute Gasteiger partial charge is 0.396 e. The van der Waals surface area contributed by atoms with Crippen molar-refractivity contribution in [1.29, 1.82) is 0 Å². The average molecular weight is 270 g/mol. The first-order valence-electron chi connectivity index (χ1n) is 6.98. The first-order chi connectivity index (χ1) is 8.79. The molecule has 0 aromatic rings. The van der Waals surface area contributed by atoms with E-state index < -0.39 is 0 Å². The number of nitrogens with one attached hydrogen (secondary N) is 1. The fraction of sp³-hybridized carbons (Fsp3) is 0.857. The lowest BCUT2D eigenvalue weighted by Gasteiger charge is -2.32. The third kappa shape index (κ3) is 4.20. The Morgan fingerprint density at radius 1 is 1.53 bits per heavy atom. The molecule has 1 rings (SSSR count). The Labute approximate surface area is 115 Å². The van der Waals surface area contributed by atoms with E-state index in [9.17, 15) is 9.59 Å². The van der Waals surface area contributed by atoms with Crippen LogP contribution >= 0.6 is 0 Å². The summed E-state index contributed by atoms with van der Waals surface area (Å²) in [7, 11) is 0. The van der Waals surface area contributed by atoms with Crippen molar-refractivity contribution in [3.05, 3.63) is 0 Å². The van der Waals surface area contributed by atoms with E-state index in [0.29, 0.717) is 25.9 Å². The van der Waals surface area contributed by atoms with Crippen molar-refractivity contribution in [1.82, 2.24) is 10.2 Å². The molecule has 0 spiro atoms. The Bertz CT molecular complexity index is 336. The summed E-state index contributed by atoms with van der Waals surface area (Å²) >= 11 is 0. The van der Waals surface area contributed by atoms with Crippen molar-refractivity contribution < 1.29 is 14.7 Å². The lowest BCUT2D eigenvalue weighted by atomic mass is 9.84. The van der Waals surface area contributed by atoms with E-state index in [1.165, 1.54) is 0 Å². The highest BCUT2D eigenvalue weighted by Crippen LogP contribution is 2.23. The molecule has 1 saturated heterocycles. The van der Waals surface area contributed by atoms with Crippen LogP contribution in [0.25, 0.3) is 0 Å². The topological polar surface area (TPSA) is 69.6 Å².